The van der Waals surface area contributed by atoms with Crippen molar-refractivity contribution in [1.29, 1.82) is 5.26 Å². The maximum Gasteiger partial charge on any atom is 0.293 e. The summed E-state index contributed by atoms with van der Waals surface area (Å²) < 4.78 is 17.9. The summed E-state index contributed by atoms with van der Waals surface area (Å²) in [5.74, 6) is -0.633. The predicted molar refractivity (Wildman–Crippen MR) is 43.1 cm³/mol. The second-order valence-electron chi connectivity index (χ2n) is 2.43. The normalized spacial score (nSPS) is 10.2. The molecule has 0 bridgehead atoms. The Morgan fingerprint density at radius 1 is 1.54 bits per heavy atom. The molecule has 1 heterocycles. The molecule has 5 heteroatoms. The van der Waals surface area contributed by atoms with Crippen molar-refractivity contribution in [3.63, 3.8) is 0 Å². The first-order valence-electron chi connectivity index (χ1n) is 3.47. The summed E-state index contributed by atoms with van der Waals surface area (Å²) in [5, 5.41) is 8.61. The van der Waals surface area contributed by atoms with E-state index < -0.39 is 5.82 Å². The lowest BCUT2D eigenvalue weighted by Gasteiger charge is -1.91. The molecule has 0 aliphatic carbocycles. The van der Waals surface area contributed by atoms with Gasteiger partial charge in [-0.25, -0.2) is 4.39 Å². The minimum Gasteiger partial charge on any atom is -0.422 e. The van der Waals surface area contributed by atoms with Crippen LogP contribution < -0.4 is 5.73 Å². The lowest BCUT2D eigenvalue weighted by atomic mass is 10.2. The zero-order valence-electron chi connectivity index (χ0n) is 6.41. The van der Waals surface area contributed by atoms with Gasteiger partial charge in [-0.3, -0.25) is 0 Å². The highest BCUT2D eigenvalue weighted by Crippen LogP contribution is 2.22. The highest BCUT2D eigenvalue weighted by Gasteiger charge is 2.12. The molecule has 1 aromatic carbocycles. The van der Waals surface area contributed by atoms with Gasteiger partial charge >= 0.3 is 0 Å². The lowest BCUT2D eigenvalue weighted by Crippen LogP contribution is -1.83. The molecular weight excluding hydrogens is 173 g/mol. The molecule has 0 spiro atoms. The summed E-state index contributed by atoms with van der Waals surface area (Å²) in [6.45, 7) is 0. The number of benzene rings is 1. The van der Waals surface area contributed by atoms with Crippen molar-refractivity contribution >= 4 is 17.1 Å². The highest BCUT2D eigenvalue weighted by molar-refractivity contribution is 5.80. The van der Waals surface area contributed by atoms with Crippen LogP contribution in [0.1, 0.15) is 5.56 Å². The van der Waals surface area contributed by atoms with Gasteiger partial charge in [0.1, 0.15) is 23.0 Å². The van der Waals surface area contributed by atoms with Gasteiger partial charge in [-0.15, -0.1) is 0 Å². The van der Waals surface area contributed by atoms with Gasteiger partial charge < -0.3 is 10.2 Å². The van der Waals surface area contributed by atoms with Crippen LogP contribution in [0.15, 0.2) is 16.5 Å². The Kier molecular flexibility index (Phi) is 1.43. The first kappa shape index (κ1) is 7.55. The summed E-state index contributed by atoms with van der Waals surface area (Å²) in [7, 11) is 0. The minimum absolute atomic E-state index is 0.0721. The Morgan fingerprint density at radius 2 is 2.31 bits per heavy atom. The average Bonchev–Trinajstić information content (AvgIpc) is 2.45. The third-order valence-corrected chi connectivity index (χ3v) is 1.64. The lowest BCUT2D eigenvalue weighted by molar-refractivity contribution is 0.602. The summed E-state index contributed by atoms with van der Waals surface area (Å²) in [6, 6.07) is 4.18. The molecule has 0 aliphatic heterocycles. The monoisotopic (exact) mass is 177 g/mol. The molecule has 64 valence electrons. The van der Waals surface area contributed by atoms with Gasteiger partial charge in [0.2, 0.25) is 0 Å². The molecule has 4 nitrogen and oxygen atoms in total. The fourth-order valence-electron chi connectivity index (χ4n) is 1.09. The van der Waals surface area contributed by atoms with E-state index >= 15 is 0 Å². The highest BCUT2D eigenvalue weighted by atomic mass is 19.1. The number of hydrogen-bond acceptors (Lipinski definition) is 4. The summed E-state index contributed by atoms with van der Waals surface area (Å²) in [5.41, 5.74) is 5.57. The number of nitrogens with two attached hydrogens (primary N) is 1. The largest absolute Gasteiger partial charge is 0.422 e. The smallest absolute Gasteiger partial charge is 0.293 e. The Balaban J connectivity index is 2.93. The Morgan fingerprint density at radius 3 is 3.00 bits per heavy atom. The fourth-order valence-corrected chi connectivity index (χ4v) is 1.09. The number of nitriles is 1. The van der Waals surface area contributed by atoms with E-state index in [0.717, 1.165) is 6.07 Å². The maximum atomic E-state index is 13.0. The molecule has 0 unspecified atom stereocenters. The van der Waals surface area contributed by atoms with Gasteiger partial charge in [0.25, 0.3) is 6.01 Å². The SMILES string of the molecule is N#Cc1c(F)ccc2nc(N)oc12. The van der Waals surface area contributed by atoms with Crippen LogP contribution in [0.5, 0.6) is 0 Å². The number of nitrogens with zero attached hydrogens (tertiary/aromatic N) is 2. The van der Waals surface area contributed by atoms with Crippen LogP contribution in [0.3, 0.4) is 0 Å². The molecule has 0 aliphatic rings. The second kappa shape index (κ2) is 2.45. The molecule has 0 fully saturated rings. The zero-order valence-corrected chi connectivity index (χ0v) is 6.41. The van der Waals surface area contributed by atoms with Crippen molar-refractivity contribution < 1.29 is 8.81 Å². The second-order valence-corrected chi connectivity index (χ2v) is 2.43. The van der Waals surface area contributed by atoms with E-state index in [9.17, 15) is 4.39 Å². The van der Waals surface area contributed by atoms with Crippen LogP contribution in [0.2, 0.25) is 0 Å². The topological polar surface area (TPSA) is 75.8 Å². The quantitative estimate of drug-likeness (QED) is 0.660. The molecule has 0 amide bonds. The molecule has 2 N–H and O–H groups in total. The zero-order chi connectivity index (χ0) is 9.42. The minimum atomic E-state index is -0.633. The van der Waals surface area contributed by atoms with Gasteiger partial charge in [-0.05, 0) is 12.1 Å². The van der Waals surface area contributed by atoms with E-state index in [2.05, 4.69) is 4.98 Å². The summed E-state index contributed by atoms with van der Waals surface area (Å²) in [6.07, 6.45) is 0. The number of nitrogen functional groups attached to an aromatic ring is 1. The Bertz CT molecular complexity index is 512. The van der Waals surface area contributed by atoms with E-state index in [0.29, 0.717) is 5.52 Å². The third kappa shape index (κ3) is 0.999. The predicted octanol–water partition coefficient (Wildman–Crippen LogP) is 1.42. The summed E-state index contributed by atoms with van der Waals surface area (Å²) >= 11 is 0. The van der Waals surface area contributed by atoms with E-state index in [1.165, 1.54) is 6.07 Å². The maximum absolute atomic E-state index is 13.0. The number of hydrogen-bond donors (Lipinski definition) is 1. The van der Waals surface area contributed by atoms with Crippen LogP contribution >= 0.6 is 0 Å². The van der Waals surface area contributed by atoms with E-state index in [4.69, 9.17) is 15.4 Å². The molecule has 0 saturated carbocycles. The van der Waals surface area contributed by atoms with Gasteiger partial charge in [0.15, 0.2) is 5.58 Å². The van der Waals surface area contributed by atoms with Gasteiger partial charge in [0, 0.05) is 0 Å². The van der Waals surface area contributed by atoms with Crippen LogP contribution in [-0.2, 0) is 0 Å². The molecular formula is C8H4FN3O. The number of rotatable bonds is 0. The molecule has 2 aromatic rings. The standard InChI is InChI=1S/C8H4FN3O/c9-5-1-2-6-7(4(5)3-10)13-8(11)12-6/h1-2H,(H2,11,12). The number of aromatic nitrogens is 1. The van der Waals surface area contributed by atoms with Crippen molar-refractivity contribution in [2.45, 2.75) is 0 Å². The number of fused-ring (bicyclic) bond motifs is 1. The first-order chi connectivity index (χ1) is 6.22. The molecule has 13 heavy (non-hydrogen) atoms. The molecule has 2 rings (SSSR count). The Hall–Kier alpha value is -2.09. The van der Waals surface area contributed by atoms with Crippen LogP contribution in [0.4, 0.5) is 10.4 Å². The summed E-state index contributed by atoms with van der Waals surface area (Å²) in [4.78, 5) is 3.76. The van der Waals surface area contributed by atoms with E-state index in [1.807, 2.05) is 0 Å². The van der Waals surface area contributed by atoms with Crippen LogP contribution in [0, 0.1) is 17.1 Å². The van der Waals surface area contributed by atoms with Crippen molar-refractivity contribution in [2.24, 2.45) is 0 Å². The van der Waals surface area contributed by atoms with Crippen molar-refractivity contribution in [3.8, 4) is 6.07 Å². The number of halogens is 1. The third-order valence-electron chi connectivity index (χ3n) is 1.64. The Labute approximate surface area is 72.4 Å². The first-order valence-corrected chi connectivity index (χ1v) is 3.47. The van der Waals surface area contributed by atoms with Crippen molar-refractivity contribution in [3.05, 3.63) is 23.5 Å². The van der Waals surface area contributed by atoms with Crippen LogP contribution in [-0.4, -0.2) is 4.98 Å². The van der Waals surface area contributed by atoms with Gasteiger partial charge in [0.05, 0.1) is 0 Å². The number of oxazole rings is 1. The molecule has 1 aromatic heterocycles. The molecule has 0 atom stereocenters. The van der Waals surface area contributed by atoms with Gasteiger partial charge in [-0.1, -0.05) is 0 Å². The van der Waals surface area contributed by atoms with Crippen molar-refractivity contribution in [1.82, 2.24) is 4.98 Å². The van der Waals surface area contributed by atoms with E-state index in [-0.39, 0.29) is 17.2 Å². The molecule has 0 saturated heterocycles. The average molecular weight is 177 g/mol. The van der Waals surface area contributed by atoms with E-state index in [1.54, 1.807) is 6.07 Å². The number of anilines is 1. The van der Waals surface area contributed by atoms with Crippen LogP contribution in [0.25, 0.3) is 11.1 Å². The van der Waals surface area contributed by atoms with Crippen molar-refractivity contribution in [2.75, 3.05) is 5.73 Å². The molecule has 0 radical (unpaired) electrons. The van der Waals surface area contributed by atoms with Gasteiger partial charge in [-0.2, -0.15) is 10.2 Å². The fraction of sp³-hybridized carbons (Fsp3) is 0.